The van der Waals surface area contributed by atoms with Gasteiger partial charge in [-0.3, -0.25) is 4.55 Å². The Morgan fingerprint density at radius 3 is 1.44 bits per heavy atom. The first-order valence-electron chi connectivity index (χ1n) is 20.2. The highest BCUT2D eigenvalue weighted by Crippen LogP contribution is 2.32. The summed E-state index contributed by atoms with van der Waals surface area (Å²) in [5, 5.41) is 25.8. The molecule has 4 heterocycles. The first-order valence-corrected chi connectivity index (χ1v) is 22.4. The number of likely N-dealkylation sites (N-methyl/N-ethyl adjacent to an activating group) is 2. The lowest BCUT2D eigenvalue weighted by molar-refractivity contribution is -0.432. The predicted molar refractivity (Wildman–Crippen MR) is 247 cm³/mol. The van der Waals surface area contributed by atoms with Crippen LogP contribution in [-0.2, 0) is 19.5 Å². The normalized spacial score (nSPS) is 15.1. The van der Waals surface area contributed by atoms with Crippen molar-refractivity contribution in [3.8, 4) is 0 Å². The number of benzene rings is 4. The molecular formula is C42H46N14O6S2. The zero-order valence-corrected chi connectivity index (χ0v) is 36.5. The van der Waals surface area contributed by atoms with Gasteiger partial charge in [-0.15, -0.1) is 4.33 Å². The van der Waals surface area contributed by atoms with Gasteiger partial charge in [-0.25, -0.2) is 5.26 Å². The van der Waals surface area contributed by atoms with Gasteiger partial charge in [0.2, 0.25) is 35.7 Å². The van der Waals surface area contributed by atoms with Gasteiger partial charge in [-0.1, -0.05) is 65.7 Å². The van der Waals surface area contributed by atoms with Crippen LogP contribution in [0.15, 0.2) is 107 Å². The van der Waals surface area contributed by atoms with Crippen molar-refractivity contribution < 1.29 is 27.6 Å². The molecule has 0 radical (unpaired) electrons. The average Bonchev–Trinajstić information content (AvgIpc) is 3.29. The number of para-hydroxylation sites is 2. The van der Waals surface area contributed by atoms with E-state index in [4.69, 9.17) is 19.6 Å². The van der Waals surface area contributed by atoms with E-state index in [1.54, 1.807) is 36.4 Å². The van der Waals surface area contributed by atoms with Gasteiger partial charge in [-0.05, 0) is 73.8 Å². The Kier molecular flexibility index (Phi) is 14.0. The molecule has 8 rings (SSSR count). The van der Waals surface area contributed by atoms with E-state index in [0.29, 0.717) is 70.8 Å². The number of nitrogens with one attached hydrogen (secondary N) is 4. The van der Waals surface area contributed by atoms with Gasteiger partial charge in [0.05, 0.1) is 12.0 Å². The maximum absolute atomic E-state index is 12.8. The minimum atomic E-state index is -4.73. The molecule has 0 bridgehead atoms. The Bertz CT molecular complexity index is 2670. The summed E-state index contributed by atoms with van der Waals surface area (Å²) in [5.41, 5.74) is 3.20. The van der Waals surface area contributed by atoms with Gasteiger partial charge in [0.15, 0.2) is 0 Å². The number of hydrogen-bond donors (Lipinski definition) is 6. The SMILES string of the molecule is CN1CCN(c2nc(Nc3ccccc3)nc(Nc3ccc(/C=C/c4ccc(Nc5nc(Nc6ccccc6)nc(N6CCN(C)CC6)n5)cc4S(=O)(=O)O)c(SOOO)c3)n2)CC1. The van der Waals surface area contributed by atoms with Gasteiger partial charge in [-0.2, -0.15) is 38.3 Å². The molecule has 2 fully saturated rings. The van der Waals surface area contributed by atoms with Crippen LogP contribution in [-0.4, -0.2) is 124 Å². The molecule has 6 N–H and O–H groups in total. The van der Waals surface area contributed by atoms with Crippen LogP contribution in [0.25, 0.3) is 12.2 Å². The maximum atomic E-state index is 12.8. The van der Waals surface area contributed by atoms with E-state index >= 15 is 0 Å². The van der Waals surface area contributed by atoms with Crippen molar-refractivity contribution in [3.63, 3.8) is 0 Å². The van der Waals surface area contributed by atoms with Gasteiger partial charge < -0.3 is 40.9 Å². The number of hydrogen-bond acceptors (Lipinski definition) is 20. The van der Waals surface area contributed by atoms with Crippen LogP contribution in [0, 0.1) is 0 Å². The van der Waals surface area contributed by atoms with Crippen LogP contribution in [0.2, 0.25) is 0 Å². The third-order valence-corrected chi connectivity index (χ3v) is 11.9. The van der Waals surface area contributed by atoms with Crippen LogP contribution >= 0.6 is 12.0 Å². The fourth-order valence-electron chi connectivity index (χ4n) is 6.83. The molecular weight excluding hydrogens is 861 g/mol. The predicted octanol–water partition coefficient (Wildman–Crippen LogP) is 6.38. The number of aromatic nitrogens is 6. The van der Waals surface area contributed by atoms with Crippen molar-refractivity contribution in [1.82, 2.24) is 39.7 Å². The maximum Gasteiger partial charge on any atom is 0.295 e. The Balaban J connectivity index is 1.05. The average molecular weight is 907 g/mol. The first kappa shape index (κ1) is 44.1. The van der Waals surface area contributed by atoms with Crippen LogP contribution in [0.4, 0.5) is 58.4 Å². The molecule has 0 unspecified atom stereocenters. The highest BCUT2D eigenvalue weighted by Gasteiger charge is 2.22. The summed E-state index contributed by atoms with van der Waals surface area (Å²) < 4.78 is 40.9. The number of rotatable bonds is 16. The molecule has 2 aliphatic heterocycles. The highest BCUT2D eigenvalue weighted by atomic mass is 32.2. The Labute approximate surface area is 374 Å². The third-order valence-electron chi connectivity index (χ3n) is 10.3. The quantitative estimate of drug-likeness (QED) is 0.0203. The fraction of sp³-hybridized carbons (Fsp3) is 0.238. The van der Waals surface area contributed by atoms with Crippen molar-refractivity contribution >= 4 is 92.8 Å². The van der Waals surface area contributed by atoms with E-state index in [0.717, 1.165) is 50.6 Å². The molecule has 0 amide bonds. The molecule has 0 saturated carbocycles. The van der Waals surface area contributed by atoms with E-state index in [9.17, 15) is 13.0 Å². The molecule has 0 spiro atoms. The molecule has 22 heteroatoms. The van der Waals surface area contributed by atoms with E-state index < -0.39 is 10.1 Å². The van der Waals surface area contributed by atoms with E-state index in [-0.39, 0.29) is 22.4 Å². The zero-order valence-electron chi connectivity index (χ0n) is 34.9. The minimum absolute atomic E-state index is 0.171. The van der Waals surface area contributed by atoms with E-state index in [1.165, 1.54) is 12.1 Å². The number of anilines is 10. The monoisotopic (exact) mass is 906 g/mol. The molecule has 2 saturated heterocycles. The van der Waals surface area contributed by atoms with Crippen LogP contribution in [0.3, 0.4) is 0 Å². The second kappa shape index (κ2) is 20.3. The van der Waals surface area contributed by atoms with E-state index in [1.807, 2.05) is 60.7 Å². The Morgan fingerprint density at radius 1 is 0.562 bits per heavy atom. The molecule has 4 aromatic carbocycles. The highest BCUT2D eigenvalue weighted by molar-refractivity contribution is 7.94. The second-order valence-corrected chi connectivity index (χ2v) is 17.1. The van der Waals surface area contributed by atoms with Crippen molar-refractivity contribution in [1.29, 1.82) is 0 Å². The van der Waals surface area contributed by atoms with Gasteiger partial charge in [0.25, 0.3) is 10.1 Å². The lowest BCUT2D eigenvalue weighted by Crippen LogP contribution is -2.45. The lowest BCUT2D eigenvalue weighted by Gasteiger charge is -2.32. The smallest absolute Gasteiger partial charge is 0.295 e. The fourth-order valence-corrected chi connectivity index (χ4v) is 8.06. The number of nitrogens with zero attached hydrogens (tertiary/aromatic N) is 10. The van der Waals surface area contributed by atoms with Crippen LogP contribution in [0.5, 0.6) is 0 Å². The molecule has 20 nitrogen and oxygen atoms in total. The summed E-state index contributed by atoms with van der Waals surface area (Å²) in [4.78, 5) is 36.7. The Hall–Kier alpha value is -6.50. The molecule has 2 aliphatic rings. The summed E-state index contributed by atoms with van der Waals surface area (Å²) in [6.45, 7) is 6.29. The zero-order chi connectivity index (χ0) is 44.5. The summed E-state index contributed by atoms with van der Waals surface area (Å²) in [6, 6.07) is 28.8. The van der Waals surface area contributed by atoms with Crippen LogP contribution < -0.4 is 31.1 Å². The van der Waals surface area contributed by atoms with Crippen molar-refractivity contribution in [3.05, 3.63) is 108 Å². The van der Waals surface area contributed by atoms with Crippen molar-refractivity contribution in [2.24, 2.45) is 0 Å². The Morgan fingerprint density at radius 2 is 0.984 bits per heavy atom. The molecule has 0 aliphatic carbocycles. The van der Waals surface area contributed by atoms with E-state index in [2.05, 4.69) is 79.9 Å². The number of piperazine rings is 2. The largest absolute Gasteiger partial charge is 0.338 e. The lowest BCUT2D eigenvalue weighted by atomic mass is 10.1. The van der Waals surface area contributed by atoms with Crippen molar-refractivity contribution in [2.45, 2.75) is 9.79 Å². The standard InChI is InChI=1S/C42H46N14O6S2/c1-53-19-23-55(24-20-53)41-49-37(43-31-9-5-3-6-10-31)47-39(51-41)45-33-17-15-29(35(27-33)63-62-61-57)13-14-30-16-18-34(28-36(30)64(58,59)60)46-40-48-38(44-32-11-7-4-8-12-32)50-42(52-40)56-25-21-54(2)22-26-56/h3-18,27-28,57H,19-26H2,1-2H3,(H,58,59,60)(H2,43,45,47,49,51)(H2,44,46,48,50,52)/b14-13+. The summed E-state index contributed by atoms with van der Waals surface area (Å²) in [5.74, 6) is 2.07. The molecule has 64 heavy (non-hydrogen) atoms. The van der Waals surface area contributed by atoms with Gasteiger partial charge in [0, 0.05) is 80.0 Å². The van der Waals surface area contributed by atoms with Crippen molar-refractivity contribution in [2.75, 3.05) is 97.5 Å². The van der Waals surface area contributed by atoms with Gasteiger partial charge in [0.1, 0.15) is 4.90 Å². The molecule has 6 aromatic rings. The minimum Gasteiger partial charge on any atom is -0.338 e. The van der Waals surface area contributed by atoms with Gasteiger partial charge >= 0.3 is 0 Å². The molecule has 0 atom stereocenters. The topological polar surface area (TPSA) is 231 Å². The summed E-state index contributed by atoms with van der Waals surface area (Å²) in [6.07, 6.45) is 3.17. The summed E-state index contributed by atoms with van der Waals surface area (Å²) in [7, 11) is -0.595. The molecule has 2 aromatic heterocycles. The van der Waals surface area contributed by atoms with Crippen LogP contribution in [0.1, 0.15) is 11.1 Å². The summed E-state index contributed by atoms with van der Waals surface area (Å²) >= 11 is 0.715. The second-order valence-electron chi connectivity index (χ2n) is 14.9. The molecule has 332 valence electrons. The first-order chi connectivity index (χ1) is 31.0. The third kappa shape index (κ3) is 11.7.